The Balaban J connectivity index is 1.68. The van der Waals surface area contributed by atoms with Crippen LogP contribution in [0.3, 0.4) is 0 Å². The molecule has 0 aliphatic carbocycles. The largest absolute Gasteiger partial charge is 0.271 e. The molecule has 0 spiro atoms. The molecule has 3 rings (SSSR count). The summed E-state index contributed by atoms with van der Waals surface area (Å²) in [6.07, 6.45) is 1.43. The van der Waals surface area contributed by atoms with Crippen LogP contribution in [-0.4, -0.2) is 12.1 Å². The first kappa shape index (κ1) is 17.2. The second-order valence-electron chi connectivity index (χ2n) is 5.28. The Morgan fingerprint density at radius 1 is 0.800 bits per heavy atom. The maximum atomic E-state index is 12.2. The van der Waals surface area contributed by atoms with Crippen molar-refractivity contribution in [3.05, 3.63) is 94.0 Å². The third kappa shape index (κ3) is 4.27. The molecule has 0 bridgehead atoms. The van der Waals surface area contributed by atoms with E-state index in [0.29, 0.717) is 21.2 Å². The minimum absolute atomic E-state index is 0.306. The summed E-state index contributed by atoms with van der Waals surface area (Å²) in [7, 11) is 0. The Morgan fingerprint density at radius 2 is 1.40 bits per heavy atom. The Kier molecular flexibility index (Phi) is 5.49. The Morgan fingerprint density at radius 3 is 2.04 bits per heavy atom. The van der Waals surface area contributed by atoms with Gasteiger partial charge in [0.05, 0.1) is 16.3 Å². The molecule has 5 heteroatoms. The molecule has 0 atom stereocenters. The van der Waals surface area contributed by atoms with Crippen molar-refractivity contribution in [2.75, 3.05) is 0 Å². The maximum Gasteiger partial charge on any atom is 0.271 e. The van der Waals surface area contributed by atoms with E-state index in [1.165, 1.54) is 6.21 Å². The standard InChI is InChI=1S/C20H14Cl2N2O/c21-18-7-4-8-19(22)17(18)13-23-24-20(25)16-11-9-15(10-12-16)14-5-2-1-3-6-14/h1-13H,(H,24,25). The van der Waals surface area contributed by atoms with Gasteiger partial charge in [0, 0.05) is 11.1 Å². The number of carbonyl (C=O) groups excluding carboxylic acids is 1. The first-order valence-electron chi connectivity index (χ1n) is 7.58. The van der Waals surface area contributed by atoms with Crippen LogP contribution in [0.1, 0.15) is 15.9 Å². The van der Waals surface area contributed by atoms with Crippen LogP contribution in [0, 0.1) is 0 Å². The fourth-order valence-electron chi connectivity index (χ4n) is 2.30. The van der Waals surface area contributed by atoms with Crippen LogP contribution >= 0.6 is 23.2 Å². The molecule has 25 heavy (non-hydrogen) atoms. The number of hydrazone groups is 1. The second kappa shape index (κ2) is 7.97. The number of amides is 1. The number of hydrogen-bond acceptors (Lipinski definition) is 2. The summed E-state index contributed by atoms with van der Waals surface area (Å²) in [6, 6.07) is 22.4. The van der Waals surface area contributed by atoms with Gasteiger partial charge in [0.25, 0.3) is 5.91 Å². The average Bonchev–Trinajstić information content (AvgIpc) is 2.65. The SMILES string of the molecule is O=C(NN=Cc1c(Cl)cccc1Cl)c1ccc(-c2ccccc2)cc1. The van der Waals surface area contributed by atoms with E-state index < -0.39 is 0 Å². The Hall–Kier alpha value is -2.62. The lowest BCUT2D eigenvalue weighted by Gasteiger charge is -2.04. The molecule has 124 valence electrons. The van der Waals surface area contributed by atoms with Gasteiger partial charge in [-0.05, 0) is 35.4 Å². The van der Waals surface area contributed by atoms with E-state index in [1.54, 1.807) is 30.3 Å². The van der Waals surface area contributed by atoms with Crippen molar-refractivity contribution >= 4 is 35.3 Å². The van der Waals surface area contributed by atoms with Crippen molar-refractivity contribution in [1.82, 2.24) is 5.43 Å². The molecule has 0 unspecified atom stereocenters. The van der Waals surface area contributed by atoms with Gasteiger partial charge in [-0.3, -0.25) is 4.79 Å². The van der Waals surface area contributed by atoms with Gasteiger partial charge in [-0.25, -0.2) is 5.43 Å². The zero-order valence-corrected chi connectivity index (χ0v) is 14.6. The summed E-state index contributed by atoms with van der Waals surface area (Å²) in [5.41, 5.74) is 5.69. The van der Waals surface area contributed by atoms with Crippen LogP contribution in [0.15, 0.2) is 77.9 Å². The topological polar surface area (TPSA) is 41.5 Å². The van der Waals surface area contributed by atoms with E-state index in [-0.39, 0.29) is 5.91 Å². The van der Waals surface area contributed by atoms with Gasteiger partial charge in [-0.2, -0.15) is 5.10 Å². The van der Waals surface area contributed by atoms with Gasteiger partial charge in [-0.15, -0.1) is 0 Å². The van der Waals surface area contributed by atoms with Crippen LogP contribution in [0.25, 0.3) is 11.1 Å². The zero-order valence-electron chi connectivity index (χ0n) is 13.1. The normalized spacial score (nSPS) is 10.8. The van der Waals surface area contributed by atoms with Crippen molar-refractivity contribution in [1.29, 1.82) is 0 Å². The first-order valence-corrected chi connectivity index (χ1v) is 8.33. The predicted octanol–water partition coefficient (Wildman–Crippen LogP) is 5.42. The zero-order chi connectivity index (χ0) is 17.6. The Bertz CT molecular complexity index is 886. The van der Waals surface area contributed by atoms with Crippen LogP contribution in [0.5, 0.6) is 0 Å². The smallest absolute Gasteiger partial charge is 0.267 e. The van der Waals surface area contributed by atoms with Gasteiger partial charge >= 0.3 is 0 Å². The molecule has 3 nitrogen and oxygen atoms in total. The third-order valence-electron chi connectivity index (χ3n) is 3.61. The van der Waals surface area contributed by atoms with E-state index >= 15 is 0 Å². The van der Waals surface area contributed by atoms with Crippen LogP contribution in [0.2, 0.25) is 10.0 Å². The van der Waals surface area contributed by atoms with E-state index in [0.717, 1.165) is 11.1 Å². The molecule has 1 amide bonds. The maximum absolute atomic E-state index is 12.2. The minimum atomic E-state index is -0.306. The lowest BCUT2D eigenvalue weighted by atomic mass is 10.0. The fraction of sp³-hybridized carbons (Fsp3) is 0. The summed E-state index contributed by atoms with van der Waals surface area (Å²) < 4.78 is 0. The minimum Gasteiger partial charge on any atom is -0.267 e. The number of hydrogen-bond donors (Lipinski definition) is 1. The fourth-order valence-corrected chi connectivity index (χ4v) is 2.79. The van der Waals surface area contributed by atoms with Crippen LogP contribution in [-0.2, 0) is 0 Å². The molecule has 3 aromatic carbocycles. The highest BCUT2D eigenvalue weighted by Crippen LogP contribution is 2.22. The number of halogens is 2. The van der Waals surface area contributed by atoms with Crippen molar-refractivity contribution in [2.24, 2.45) is 5.10 Å². The van der Waals surface area contributed by atoms with Crippen molar-refractivity contribution in [2.45, 2.75) is 0 Å². The molecular formula is C20H14Cl2N2O. The molecule has 0 saturated heterocycles. The van der Waals surface area contributed by atoms with E-state index in [9.17, 15) is 4.79 Å². The van der Waals surface area contributed by atoms with Gasteiger partial charge in [0.15, 0.2) is 0 Å². The molecule has 0 radical (unpaired) electrons. The van der Waals surface area contributed by atoms with Crippen LogP contribution < -0.4 is 5.43 Å². The highest BCUT2D eigenvalue weighted by Gasteiger charge is 2.06. The first-order chi connectivity index (χ1) is 12.1. The van der Waals surface area contributed by atoms with Crippen molar-refractivity contribution < 1.29 is 4.79 Å². The molecule has 0 aromatic heterocycles. The summed E-state index contributed by atoms with van der Waals surface area (Å²) >= 11 is 12.1. The third-order valence-corrected chi connectivity index (χ3v) is 4.27. The number of benzene rings is 3. The van der Waals surface area contributed by atoms with E-state index in [1.807, 2.05) is 42.5 Å². The predicted molar refractivity (Wildman–Crippen MR) is 103 cm³/mol. The molecule has 1 N–H and O–H groups in total. The average molecular weight is 369 g/mol. The number of carbonyl (C=O) groups is 1. The summed E-state index contributed by atoms with van der Waals surface area (Å²) in [6.45, 7) is 0. The van der Waals surface area contributed by atoms with Crippen molar-refractivity contribution in [3.63, 3.8) is 0 Å². The Labute approximate surface area is 155 Å². The number of nitrogens with zero attached hydrogens (tertiary/aromatic N) is 1. The quantitative estimate of drug-likeness (QED) is 0.484. The lowest BCUT2D eigenvalue weighted by Crippen LogP contribution is -2.17. The van der Waals surface area contributed by atoms with Gasteiger partial charge in [0.2, 0.25) is 0 Å². The lowest BCUT2D eigenvalue weighted by molar-refractivity contribution is 0.0955. The summed E-state index contributed by atoms with van der Waals surface area (Å²) in [4.78, 5) is 12.2. The highest BCUT2D eigenvalue weighted by molar-refractivity contribution is 6.38. The summed E-state index contributed by atoms with van der Waals surface area (Å²) in [5, 5.41) is 4.87. The van der Waals surface area contributed by atoms with E-state index in [2.05, 4.69) is 10.5 Å². The van der Waals surface area contributed by atoms with Gasteiger partial charge in [-0.1, -0.05) is 71.7 Å². The summed E-state index contributed by atoms with van der Waals surface area (Å²) in [5.74, 6) is -0.306. The van der Waals surface area contributed by atoms with Gasteiger partial charge < -0.3 is 0 Å². The molecule has 0 aliphatic heterocycles. The number of rotatable bonds is 4. The molecule has 0 aliphatic rings. The van der Waals surface area contributed by atoms with E-state index in [4.69, 9.17) is 23.2 Å². The van der Waals surface area contributed by atoms with Gasteiger partial charge in [0.1, 0.15) is 0 Å². The van der Waals surface area contributed by atoms with Crippen molar-refractivity contribution in [3.8, 4) is 11.1 Å². The molecule has 0 heterocycles. The van der Waals surface area contributed by atoms with Crippen LogP contribution in [0.4, 0.5) is 0 Å². The monoisotopic (exact) mass is 368 g/mol. The molecule has 0 saturated carbocycles. The molecule has 0 fully saturated rings. The molecular weight excluding hydrogens is 355 g/mol. The number of nitrogens with one attached hydrogen (secondary N) is 1. The second-order valence-corrected chi connectivity index (χ2v) is 6.09. The highest BCUT2D eigenvalue weighted by atomic mass is 35.5. The molecule has 3 aromatic rings.